The maximum atomic E-state index is 14.6. The second-order valence-corrected chi connectivity index (χ2v) is 8.33. The smallest absolute Gasteiger partial charge is 0.303 e. The van der Waals surface area contributed by atoms with Crippen LogP contribution in [0.3, 0.4) is 0 Å². The van der Waals surface area contributed by atoms with Crippen LogP contribution in [0.1, 0.15) is 42.7 Å². The van der Waals surface area contributed by atoms with E-state index in [9.17, 15) is 18.4 Å². The maximum Gasteiger partial charge on any atom is 0.303 e. The molecule has 8 heteroatoms. The Morgan fingerprint density at radius 2 is 1.87 bits per heavy atom. The van der Waals surface area contributed by atoms with Crippen molar-refractivity contribution in [2.75, 3.05) is 5.32 Å². The van der Waals surface area contributed by atoms with Crippen LogP contribution in [0.15, 0.2) is 42.5 Å². The molecule has 0 heterocycles. The van der Waals surface area contributed by atoms with Gasteiger partial charge in [0, 0.05) is 23.8 Å². The van der Waals surface area contributed by atoms with E-state index in [0.717, 1.165) is 0 Å². The standard InChI is InChI=1S/C22H21Cl2F2NO3/c23-15-7-5-14(6-8-15)20(16-2-1-11-22(16,25)26)21(30)27-18-12-13(3-9-17(18)24)4-10-19(28)29/h3,5-9,12,16,20H,1-2,4,10-11H2,(H,27,30)(H,28,29). The molecule has 2 aromatic rings. The minimum atomic E-state index is -2.95. The van der Waals surface area contributed by atoms with Crippen molar-refractivity contribution in [1.29, 1.82) is 0 Å². The third-order valence-corrected chi connectivity index (χ3v) is 5.98. The number of nitrogens with one attached hydrogen (secondary N) is 1. The summed E-state index contributed by atoms with van der Waals surface area (Å²) in [6.45, 7) is 0. The molecule has 0 bridgehead atoms. The highest BCUT2D eigenvalue weighted by atomic mass is 35.5. The number of aryl methyl sites for hydroxylation is 1. The fourth-order valence-corrected chi connectivity index (χ4v) is 4.18. The lowest BCUT2D eigenvalue weighted by Crippen LogP contribution is -2.35. The summed E-state index contributed by atoms with van der Waals surface area (Å²) in [5.74, 6) is -6.68. The average molecular weight is 456 g/mol. The van der Waals surface area contributed by atoms with Crippen molar-refractivity contribution >= 4 is 40.8 Å². The predicted octanol–water partition coefficient (Wildman–Crippen LogP) is 6.17. The first kappa shape index (κ1) is 22.5. The average Bonchev–Trinajstić information content (AvgIpc) is 3.03. The molecule has 2 unspecified atom stereocenters. The number of carbonyl (C=O) groups excluding carboxylic acids is 1. The van der Waals surface area contributed by atoms with E-state index in [1.807, 2.05) is 0 Å². The number of carboxylic acid groups (broad SMARTS) is 1. The van der Waals surface area contributed by atoms with Crippen LogP contribution in [0.25, 0.3) is 0 Å². The fourth-order valence-electron chi connectivity index (χ4n) is 3.89. The molecule has 1 amide bonds. The van der Waals surface area contributed by atoms with Crippen molar-refractivity contribution in [3.8, 4) is 0 Å². The van der Waals surface area contributed by atoms with Crippen LogP contribution in [0.4, 0.5) is 14.5 Å². The van der Waals surface area contributed by atoms with Gasteiger partial charge in [-0.25, -0.2) is 8.78 Å². The lowest BCUT2D eigenvalue weighted by atomic mass is 9.82. The maximum absolute atomic E-state index is 14.6. The summed E-state index contributed by atoms with van der Waals surface area (Å²) >= 11 is 12.1. The van der Waals surface area contributed by atoms with Gasteiger partial charge in [0.1, 0.15) is 0 Å². The number of hydrogen-bond donors (Lipinski definition) is 2. The first-order valence-corrected chi connectivity index (χ1v) is 10.4. The van der Waals surface area contributed by atoms with Crippen LogP contribution in [0, 0.1) is 5.92 Å². The molecule has 2 aromatic carbocycles. The summed E-state index contributed by atoms with van der Waals surface area (Å²) in [4.78, 5) is 24.0. The molecule has 2 atom stereocenters. The SMILES string of the molecule is O=C(O)CCc1ccc(Cl)c(NC(=O)C(c2ccc(Cl)cc2)C2CCCC2(F)F)c1. The topological polar surface area (TPSA) is 66.4 Å². The highest BCUT2D eigenvalue weighted by Gasteiger charge is 2.50. The van der Waals surface area contributed by atoms with E-state index in [2.05, 4.69) is 5.32 Å². The van der Waals surface area contributed by atoms with Crippen LogP contribution >= 0.6 is 23.2 Å². The third kappa shape index (κ3) is 5.29. The molecule has 0 aliphatic heterocycles. The molecular weight excluding hydrogens is 435 g/mol. The second kappa shape index (κ2) is 9.31. The highest BCUT2D eigenvalue weighted by molar-refractivity contribution is 6.33. The summed E-state index contributed by atoms with van der Waals surface area (Å²) in [5.41, 5.74) is 1.40. The molecule has 1 fully saturated rings. The summed E-state index contributed by atoms with van der Waals surface area (Å²) < 4.78 is 29.1. The van der Waals surface area contributed by atoms with Gasteiger partial charge < -0.3 is 10.4 Å². The molecule has 160 valence electrons. The van der Waals surface area contributed by atoms with Crippen molar-refractivity contribution < 1.29 is 23.5 Å². The Morgan fingerprint density at radius 1 is 1.17 bits per heavy atom. The zero-order valence-corrected chi connectivity index (χ0v) is 17.5. The minimum Gasteiger partial charge on any atom is -0.481 e. The molecule has 1 aliphatic rings. The van der Waals surface area contributed by atoms with Crippen molar-refractivity contribution in [3.63, 3.8) is 0 Å². The van der Waals surface area contributed by atoms with E-state index in [1.165, 1.54) is 0 Å². The van der Waals surface area contributed by atoms with Gasteiger partial charge in [-0.3, -0.25) is 9.59 Å². The highest BCUT2D eigenvalue weighted by Crippen LogP contribution is 2.48. The van der Waals surface area contributed by atoms with Gasteiger partial charge in [0.05, 0.1) is 16.6 Å². The summed E-state index contributed by atoms with van der Waals surface area (Å²) in [5, 5.41) is 12.2. The molecule has 1 saturated carbocycles. The predicted molar refractivity (Wildman–Crippen MR) is 113 cm³/mol. The van der Waals surface area contributed by atoms with Crippen molar-refractivity contribution in [1.82, 2.24) is 0 Å². The molecule has 4 nitrogen and oxygen atoms in total. The van der Waals surface area contributed by atoms with E-state index in [1.54, 1.807) is 42.5 Å². The Labute approximate surface area is 183 Å². The van der Waals surface area contributed by atoms with Gasteiger partial charge in [-0.15, -0.1) is 0 Å². The van der Waals surface area contributed by atoms with E-state index in [-0.39, 0.29) is 36.4 Å². The first-order valence-electron chi connectivity index (χ1n) is 9.62. The van der Waals surface area contributed by atoms with Crippen molar-refractivity contribution in [2.24, 2.45) is 5.92 Å². The van der Waals surface area contributed by atoms with E-state index >= 15 is 0 Å². The molecule has 1 aliphatic carbocycles. The van der Waals surface area contributed by atoms with E-state index < -0.39 is 29.6 Å². The molecule has 30 heavy (non-hydrogen) atoms. The quantitative estimate of drug-likeness (QED) is 0.524. The van der Waals surface area contributed by atoms with Gasteiger partial charge in [0.15, 0.2) is 0 Å². The van der Waals surface area contributed by atoms with E-state index in [4.69, 9.17) is 28.3 Å². The Kier molecular flexibility index (Phi) is 6.98. The number of amides is 1. The number of anilines is 1. The van der Waals surface area contributed by atoms with Gasteiger partial charge in [0.25, 0.3) is 5.92 Å². The molecular formula is C22H21Cl2F2NO3. The number of rotatable bonds is 7. The fraction of sp³-hybridized carbons (Fsp3) is 0.364. The third-order valence-electron chi connectivity index (χ3n) is 5.40. The Hall–Kier alpha value is -2.18. The molecule has 2 N–H and O–H groups in total. The molecule has 3 rings (SSSR count). The Morgan fingerprint density at radius 3 is 2.47 bits per heavy atom. The van der Waals surface area contributed by atoms with Gasteiger partial charge in [0.2, 0.25) is 5.91 Å². The summed E-state index contributed by atoms with van der Waals surface area (Å²) in [6, 6.07) is 11.1. The van der Waals surface area contributed by atoms with Crippen LogP contribution in [-0.2, 0) is 16.0 Å². The lowest BCUT2D eigenvalue weighted by Gasteiger charge is -2.28. The zero-order valence-electron chi connectivity index (χ0n) is 16.0. The monoisotopic (exact) mass is 455 g/mol. The number of halogens is 4. The van der Waals surface area contributed by atoms with Crippen molar-refractivity contribution in [3.05, 3.63) is 63.6 Å². The van der Waals surface area contributed by atoms with Crippen molar-refractivity contribution in [2.45, 2.75) is 43.9 Å². The molecule has 0 saturated heterocycles. The number of alkyl halides is 2. The van der Waals surface area contributed by atoms with Gasteiger partial charge in [-0.2, -0.15) is 0 Å². The molecule has 0 aromatic heterocycles. The van der Waals surface area contributed by atoms with Crippen LogP contribution < -0.4 is 5.32 Å². The Balaban J connectivity index is 1.89. The lowest BCUT2D eigenvalue weighted by molar-refractivity contribution is -0.137. The van der Waals surface area contributed by atoms with Crippen LogP contribution in [0.2, 0.25) is 10.0 Å². The van der Waals surface area contributed by atoms with Gasteiger partial charge in [-0.05, 0) is 54.7 Å². The summed E-state index contributed by atoms with van der Waals surface area (Å²) in [6.07, 6.45) is 0.522. The zero-order chi connectivity index (χ0) is 21.9. The van der Waals surface area contributed by atoms with Gasteiger partial charge in [-0.1, -0.05) is 41.4 Å². The number of benzene rings is 2. The van der Waals surface area contributed by atoms with Crippen LogP contribution in [0.5, 0.6) is 0 Å². The van der Waals surface area contributed by atoms with E-state index in [0.29, 0.717) is 22.6 Å². The number of aliphatic carboxylic acids is 1. The largest absolute Gasteiger partial charge is 0.481 e. The van der Waals surface area contributed by atoms with Crippen LogP contribution in [-0.4, -0.2) is 22.9 Å². The Bertz CT molecular complexity index is 934. The number of carbonyl (C=O) groups is 2. The molecule has 0 radical (unpaired) electrons. The second-order valence-electron chi connectivity index (χ2n) is 7.49. The van der Waals surface area contributed by atoms with Gasteiger partial charge >= 0.3 is 5.97 Å². The molecule has 0 spiro atoms. The normalized spacial score (nSPS) is 18.7. The summed E-state index contributed by atoms with van der Waals surface area (Å²) in [7, 11) is 0. The first-order chi connectivity index (χ1) is 14.2. The minimum absolute atomic E-state index is 0.0727. The number of carboxylic acids is 1. The number of hydrogen-bond acceptors (Lipinski definition) is 2.